The highest BCUT2D eigenvalue weighted by molar-refractivity contribution is 5.33. The summed E-state index contributed by atoms with van der Waals surface area (Å²) in [5, 5.41) is 18.9. The maximum Gasteiger partial charge on any atom is 0.235 e. The molecule has 0 saturated heterocycles. The topological polar surface area (TPSA) is 109 Å². The minimum atomic E-state index is -0.950. The van der Waals surface area contributed by atoms with Gasteiger partial charge in [0.15, 0.2) is 0 Å². The number of isocyanates is 2. The third-order valence-corrected chi connectivity index (χ3v) is 2.20. The number of ether oxygens (including phenoxy) is 1. The van der Waals surface area contributed by atoms with Gasteiger partial charge in [0, 0.05) is 0 Å². The number of aliphatic imine (C=N–C) groups is 2. The number of aliphatic hydroxyl groups excluding tert-OH is 2. The SMILES string of the molecule is CC(N=C=O)C(O)COCC(O)C(C)N=C=O. The first-order valence-electron chi connectivity index (χ1n) is 5.10. The average molecular weight is 244 g/mol. The minimum absolute atomic E-state index is 0.0824. The first-order valence-corrected chi connectivity index (χ1v) is 5.10. The fourth-order valence-corrected chi connectivity index (χ4v) is 0.926. The van der Waals surface area contributed by atoms with E-state index < -0.39 is 24.3 Å². The first kappa shape index (κ1) is 15.6. The molecule has 0 rings (SSSR count). The summed E-state index contributed by atoms with van der Waals surface area (Å²) < 4.78 is 5.01. The van der Waals surface area contributed by atoms with E-state index in [2.05, 4.69) is 9.98 Å². The lowest BCUT2D eigenvalue weighted by atomic mass is 10.2. The van der Waals surface area contributed by atoms with Crippen LogP contribution in [0.1, 0.15) is 13.8 Å². The van der Waals surface area contributed by atoms with E-state index in [9.17, 15) is 19.8 Å². The molecule has 0 aromatic heterocycles. The summed E-state index contributed by atoms with van der Waals surface area (Å²) in [7, 11) is 0. The molecule has 0 saturated carbocycles. The monoisotopic (exact) mass is 244 g/mol. The van der Waals surface area contributed by atoms with Gasteiger partial charge in [0.25, 0.3) is 0 Å². The number of carbonyl (C=O) groups excluding carboxylic acids is 2. The lowest BCUT2D eigenvalue weighted by Crippen LogP contribution is -2.31. The Kier molecular flexibility index (Phi) is 8.05. The van der Waals surface area contributed by atoms with Gasteiger partial charge in [-0.2, -0.15) is 0 Å². The second-order valence-electron chi connectivity index (χ2n) is 3.59. The molecular weight excluding hydrogens is 228 g/mol. The van der Waals surface area contributed by atoms with Gasteiger partial charge in [-0.05, 0) is 13.8 Å². The van der Waals surface area contributed by atoms with Crippen LogP contribution in [-0.2, 0) is 14.3 Å². The van der Waals surface area contributed by atoms with Crippen LogP contribution >= 0.6 is 0 Å². The summed E-state index contributed by atoms with van der Waals surface area (Å²) in [4.78, 5) is 26.5. The molecule has 17 heavy (non-hydrogen) atoms. The average Bonchev–Trinajstić information content (AvgIpc) is 2.29. The van der Waals surface area contributed by atoms with Crippen LogP contribution in [0.2, 0.25) is 0 Å². The van der Waals surface area contributed by atoms with Crippen molar-refractivity contribution in [1.29, 1.82) is 0 Å². The third-order valence-electron chi connectivity index (χ3n) is 2.20. The molecule has 0 aliphatic rings. The van der Waals surface area contributed by atoms with Gasteiger partial charge in [0.2, 0.25) is 12.2 Å². The second kappa shape index (κ2) is 8.75. The lowest BCUT2D eigenvalue weighted by molar-refractivity contribution is -0.0177. The fraction of sp³-hybridized carbons (Fsp3) is 0.800. The van der Waals surface area contributed by atoms with Crippen LogP contribution in [-0.4, -0.2) is 59.9 Å². The standard InChI is InChI=1S/C10H16N2O5/c1-7(11-5-13)9(15)3-17-4-10(16)8(2)12-6-14/h7-10,15-16H,3-4H2,1-2H3. The van der Waals surface area contributed by atoms with E-state index in [0.717, 1.165) is 0 Å². The molecule has 2 N–H and O–H groups in total. The summed E-state index contributed by atoms with van der Waals surface area (Å²) in [5.41, 5.74) is 0. The van der Waals surface area contributed by atoms with Crippen molar-refractivity contribution < 1.29 is 24.5 Å². The molecular formula is C10H16N2O5. The van der Waals surface area contributed by atoms with Crippen molar-refractivity contribution in [3.8, 4) is 0 Å². The van der Waals surface area contributed by atoms with Crippen molar-refractivity contribution in [1.82, 2.24) is 0 Å². The Morgan fingerprint density at radius 1 is 1.00 bits per heavy atom. The number of nitrogens with zero attached hydrogens (tertiary/aromatic N) is 2. The van der Waals surface area contributed by atoms with Gasteiger partial charge in [-0.3, -0.25) is 0 Å². The highest BCUT2D eigenvalue weighted by Gasteiger charge is 2.16. The summed E-state index contributed by atoms with van der Waals surface area (Å²) in [6, 6.07) is -1.23. The van der Waals surface area contributed by atoms with Crippen LogP contribution in [0.4, 0.5) is 0 Å². The van der Waals surface area contributed by atoms with Gasteiger partial charge >= 0.3 is 0 Å². The Morgan fingerprint density at radius 2 is 1.35 bits per heavy atom. The molecule has 0 bridgehead atoms. The van der Waals surface area contributed by atoms with Crippen LogP contribution in [0.25, 0.3) is 0 Å². The highest BCUT2D eigenvalue weighted by Crippen LogP contribution is 2.01. The fourth-order valence-electron chi connectivity index (χ4n) is 0.926. The Bertz CT molecular complexity index is 280. The van der Waals surface area contributed by atoms with Crippen LogP contribution in [0.15, 0.2) is 9.98 Å². The third kappa shape index (κ3) is 6.73. The predicted octanol–water partition coefficient (Wildman–Crippen LogP) is -0.827. The van der Waals surface area contributed by atoms with Crippen molar-refractivity contribution in [2.24, 2.45) is 9.98 Å². The molecule has 96 valence electrons. The Hall–Kier alpha value is -1.36. The maximum absolute atomic E-state index is 9.93. The number of rotatable bonds is 8. The van der Waals surface area contributed by atoms with Gasteiger partial charge in [-0.15, -0.1) is 0 Å². The lowest BCUT2D eigenvalue weighted by Gasteiger charge is -2.17. The number of hydrogen-bond acceptors (Lipinski definition) is 7. The van der Waals surface area contributed by atoms with Gasteiger partial charge in [-0.1, -0.05) is 0 Å². The minimum Gasteiger partial charge on any atom is -0.388 e. The van der Waals surface area contributed by atoms with E-state index >= 15 is 0 Å². The molecule has 0 aliphatic carbocycles. The largest absolute Gasteiger partial charge is 0.388 e. The molecule has 0 aliphatic heterocycles. The Balaban J connectivity index is 3.90. The van der Waals surface area contributed by atoms with Gasteiger partial charge in [-0.25, -0.2) is 19.6 Å². The van der Waals surface area contributed by atoms with Crippen molar-refractivity contribution in [3.05, 3.63) is 0 Å². The van der Waals surface area contributed by atoms with Crippen molar-refractivity contribution >= 4 is 12.2 Å². The highest BCUT2D eigenvalue weighted by atomic mass is 16.5. The molecule has 4 unspecified atom stereocenters. The van der Waals surface area contributed by atoms with E-state index in [-0.39, 0.29) is 13.2 Å². The molecule has 0 radical (unpaired) electrons. The van der Waals surface area contributed by atoms with Crippen LogP contribution in [0.5, 0.6) is 0 Å². The molecule has 0 aromatic rings. The summed E-state index contributed by atoms with van der Waals surface area (Å²) >= 11 is 0. The van der Waals surface area contributed by atoms with Crippen LogP contribution in [0, 0.1) is 0 Å². The normalized spacial score (nSPS) is 17.2. The van der Waals surface area contributed by atoms with E-state index in [4.69, 9.17) is 4.74 Å². The molecule has 0 fully saturated rings. The molecule has 0 amide bonds. The number of hydrogen-bond donors (Lipinski definition) is 2. The first-order chi connectivity index (χ1) is 8.02. The Labute approximate surface area is 98.8 Å². The van der Waals surface area contributed by atoms with Gasteiger partial charge in [0.05, 0.1) is 25.3 Å². The van der Waals surface area contributed by atoms with Crippen molar-refractivity contribution in [3.63, 3.8) is 0 Å². The van der Waals surface area contributed by atoms with Crippen LogP contribution < -0.4 is 0 Å². The molecule has 0 spiro atoms. The predicted molar refractivity (Wildman–Crippen MR) is 58.0 cm³/mol. The van der Waals surface area contributed by atoms with Crippen molar-refractivity contribution in [2.75, 3.05) is 13.2 Å². The Morgan fingerprint density at radius 3 is 1.65 bits per heavy atom. The molecule has 4 atom stereocenters. The van der Waals surface area contributed by atoms with Crippen LogP contribution in [0.3, 0.4) is 0 Å². The molecule has 7 heteroatoms. The molecule has 0 heterocycles. The van der Waals surface area contributed by atoms with E-state index in [1.807, 2.05) is 0 Å². The number of aliphatic hydroxyl groups is 2. The quantitative estimate of drug-likeness (QED) is 0.428. The summed E-state index contributed by atoms with van der Waals surface area (Å²) in [5.74, 6) is 0. The zero-order chi connectivity index (χ0) is 13.3. The summed E-state index contributed by atoms with van der Waals surface area (Å²) in [6.07, 6.45) is 0.768. The van der Waals surface area contributed by atoms with Crippen molar-refractivity contribution in [2.45, 2.75) is 38.1 Å². The van der Waals surface area contributed by atoms with Gasteiger partial charge < -0.3 is 14.9 Å². The van der Waals surface area contributed by atoms with E-state index in [1.165, 1.54) is 26.0 Å². The molecule has 7 nitrogen and oxygen atoms in total. The second-order valence-corrected chi connectivity index (χ2v) is 3.59. The smallest absolute Gasteiger partial charge is 0.235 e. The molecule has 0 aromatic carbocycles. The van der Waals surface area contributed by atoms with E-state index in [0.29, 0.717) is 0 Å². The van der Waals surface area contributed by atoms with E-state index in [1.54, 1.807) is 0 Å². The zero-order valence-corrected chi connectivity index (χ0v) is 9.74. The summed E-state index contributed by atoms with van der Waals surface area (Å²) in [6.45, 7) is 2.91. The van der Waals surface area contributed by atoms with Gasteiger partial charge in [0.1, 0.15) is 12.2 Å². The maximum atomic E-state index is 9.93. The zero-order valence-electron chi connectivity index (χ0n) is 9.74.